The molecule has 0 N–H and O–H groups in total. The van der Waals surface area contributed by atoms with Crippen molar-refractivity contribution < 1.29 is 4.57 Å². The number of aryl methyl sites for hydroxylation is 1. The second kappa shape index (κ2) is 18.4. The molecule has 1 aromatic heterocycles. The van der Waals surface area contributed by atoms with Crippen LogP contribution in [-0.2, 0) is 25.9 Å². The highest BCUT2D eigenvalue weighted by molar-refractivity contribution is 5.24. The van der Waals surface area contributed by atoms with Crippen LogP contribution in [0, 0.1) is 0 Å². The fraction of sp³-hybridized carbons (Fsp3) is 0.475. The molecule has 0 fully saturated rings. The largest absolute Gasteiger partial charge is 0.261 e. The molecule has 0 spiro atoms. The van der Waals surface area contributed by atoms with Gasteiger partial charge in [-0.15, -0.1) is 0 Å². The first kappa shape index (κ1) is 31.8. The second-order valence-corrected chi connectivity index (χ2v) is 12.4. The summed E-state index contributed by atoms with van der Waals surface area (Å²) in [6, 6.07) is 33.0. The summed E-state index contributed by atoms with van der Waals surface area (Å²) < 4.78 is 5.22. The monoisotopic (exact) mass is 563 g/mol. The Kier molecular flexibility index (Phi) is 13.9. The van der Waals surface area contributed by atoms with E-state index in [0.717, 1.165) is 25.9 Å². The molecule has 1 heterocycles. The summed E-state index contributed by atoms with van der Waals surface area (Å²) in [4.78, 5) is 0. The summed E-state index contributed by atoms with van der Waals surface area (Å²) >= 11 is 0. The average Bonchev–Trinajstić information content (AvgIpc) is 3.33. The maximum atomic E-state index is 2.63. The van der Waals surface area contributed by atoms with E-state index in [4.69, 9.17) is 0 Å². The molecule has 0 saturated heterocycles. The third-order valence-electron chi connectivity index (χ3n) is 8.82. The van der Waals surface area contributed by atoms with Gasteiger partial charge in [-0.3, -0.25) is 0 Å². The Balaban J connectivity index is 1.43. The molecular formula is C40H55N2+. The van der Waals surface area contributed by atoms with Crippen LogP contribution in [0.5, 0.6) is 0 Å². The summed E-state index contributed by atoms with van der Waals surface area (Å²) in [7, 11) is 0. The highest BCUT2D eigenvalue weighted by Crippen LogP contribution is 2.23. The van der Waals surface area contributed by atoms with Crippen molar-refractivity contribution in [3.8, 4) is 0 Å². The zero-order valence-electron chi connectivity index (χ0n) is 26.5. The lowest BCUT2D eigenvalue weighted by molar-refractivity contribution is -0.704. The predicted octanol–water partition coefficient (Wildman–Crippen LogP) is 10.5. The van der Waals surface area contributed by atoms with Crippen LogP contribution in [0.15, 0.2) is 97.2 Å². The number of imidazole rings is 1. The molecule has 1 atom stereocenters. The molecule has 1 unspecified atom stereocenters. The SMILES string of the molecule is CCCCCCCCCCCCCC[n+]1cc(CC(C)c2ccccc2)n(Cc2ccccc2)c1Cc1ccccc1. The second-order valence-electron chi connectivity index (χ2n) is 12.4. The average molecular weight is 564 g/mol. The number of aromatic nitrogens is 2. The van der Waals surface area contributed by atoms with E-state index >= 15 is 0 Å². The molecule has 0 aliphatic heterocycles. The fourth-order valence-electron chi connectivity index (χ4n) is 6.27. The van der Waals surface area contributed by atoms with E-state index in [1.807, 2.05) is 0 Å². The Hall–Kier alpha value is -3.13. The van der Waals surface area contributed by atoms with Crippen molar-refractivity contribution in [3.05, 3.63) is 125 Å². The van der Waals surface area contributed by atoms with Crippen LogP contribution in [0.25, 0.3) is 0 Å². The number of hydrogen-bond donors (Lipinski definition) is 0. The lowest BCUT2D eigenvalue weighted by Crippen LogP contribution is -2.37. The Morgan fingerprint density at radius 1 is 0.595 bits per heavy atom. The van der Waals surface area contributed by atoms with Crippen LogP contribution in [-0.4, -0.2) is 4.57 Å². The van der Waals surface area contributed by atoms with Gasteiger partial charge in [0.25, 0.3) is 5.82 Å². The van der Waals surface area contributed by atoms with Crippen LogP contribution >= 0.6 is 0 Å². The van der Waals surface area contributed by atoms with E-state index in [-0.39, 0.29) is 0 Å². The highest BCUT2D eigenvalue weighted by Gasteiger charge is 2.25. The summed E-state index contributed by atoms with van der Waals surface area (Å²) in [5, 5.41) is 0. The molecular weight excluding hydrogens is 508 g/mol. The molecule has 0 radical (unpaired) electrons. The van der Waals surface area contributed by atoms with Gasteiger partial charge >= 0.3 is 0 Å². The van der Waals surface area contributed by atoms with Gasteiger partial charge in [-0.25, -0.2) is 9.13 Å². The van der Waals surface area contributed by atoms with E-state index < -0.39 is 0 Å². The van der Waals surface area contributed by atoms with E-state index in [1.54, 1.807) is 0 Å². The third kappa shape index (κ3) is 10.6. The molecule has 42 heavy (non-hydrogen) atoms. The van der Waals surface area contributed by atoms with Crippen molar-refractivity contribution in [1.29, 1.82) is 0 Å². The zero-order chi connectivity index (χ0) is 29.2. The number of nitrogens with zero attached hydrogens (tertiary/aromatic N) is 2. The Morgan fingerprint density at radius 3 is 1.67 bits per heavy atom. The van der Waals surface area contributed by atoms with Gasteiger partial charge < -0.3 is 0 Å². The van der Waals surface area contributed by atoms with Crippen molar-refractivity contribution in [1.82, 2.24) is 4.57 Å². The minimum atomic E-state index is 0.472. The Morgan fingerprint density at radius 2 is 1.10 bits per heavy atom. The molecule has 0 aliphatic carbocycles. The summed E-state index contributed by atoms with van der Waals surface area (Å²) in [6.45, 7) is 6.70. The van der Waals surface area contributed by atoms with Gasteiger partial charge in [0.05, 0.1) is 13.0 Å². The van der Waals surface area contributed by atoms with Crippen LogP contribution in [0.2, 0.25) is 0 Å². The molecule has 224 valence electrons. The van der Waals surface area contributed by atoms with Gasteiger partial charge in [-0.1, -0.05) is 169 Å². The fourth-order valence-corrected chi connectivity index (χ4v) is 6.27. The highest BCUT2D eigenvalue weighted by atomic mass is 15.2. The standard InChI is InChI=1S/C40H55N2/c1-3-4-5-6-7-8-9-10-11-12-13-23-30-41-34-39(31-35(2)38-28-21-16-22-29-38)42(33-37-26-19-15-20-27-37)40(41)32-36-24-17-14-18-25-36/h14-22,24-29,34-35H,3-13,23,30-33H2,1-2H3/q+1. The molecule has 0 bridgehead atoms. The minimum absolute atomic E-state index is 0.472. The topological polar surface area (TPSA) is 8.81 Å². The lowest BCUT2D eigenvalue weighted by atomic mass is 9.96. The van der Waals surface area contributed by atoms with Gasteiger partial charge in [0.1, 0.15) is 18.4 Å². The van der Waals surface area contributed by atoms with Gasteiger partial charge in [0.2, 0.25) is 0 Å². The molecule has 2 nitrogen and oxygen atoms in total. The molecule has 4 rings (SSSR count). The van der Waals surface area contributed by atoms with Gasteiger partial charge in [0, 0.05) is 6.42 Å². The summed E-state index contributed by atoms with van der Waals surface area (Å²) in [6.07, 6.45) is 21.2. The maximum Gasteiger partial charge on any atom is 0.261 e. The van der Waals surface area contributed by atoms with Crippen molar-refractivity contribution in [2.75, 3.05) is 0 Å². The number of benzene rings is 3. The van der Waals surface area contributed by atoms with Crippen LogP contribution in [0.4, 0.5) is 0 Å². The first-order valence-electron chi connectivity index (χ1n) is 17.0. The summed E-state index contributed by atoms with van der Waals surface area (Å²) in [5.74, 6) is 1.91. The molecule has 0 amide bonds. The van der Waals surface area contributed by atoms with Gasteiger partial charge in [0.15, 0.2) is 0 Å². The molecule has 0 saturated carbocycles. The number of rotatable bonds is 20. The predicted molar refractivity (Wildman–Crippen MR) is 179 cm³/mol. The van der Waals surface area contributed by atoms with E-state index in [1.165, 1.54) is 105 Å². The normalized spacial score (nSPS) is 12.0. The van der Waals surface area contributed by atoms with Gasteiger partial charge in [-0.2, -0.15) is 0 Å². The molecule has 4 aromatic rings. The number of hydrogen-bond acceptors (Lipinski definition) is 0. The number of unbranched alkanes of at least 4 members (excludes halogenated alkanes) is 11. The van der Waals surface area contributed by atoms with Crippen molar-refractivity contribution in [2.24, 2.45) is 0 Å². The Labute approximate surface area is 256 Å². The van der Waals surface area contributed by atoms with E-state index in [0.29, 0.717) is 5.92 Å². The minimum Gasteiger partial charge on any atom is -0.234 e. The zero-order valence-corrected chi connectivity index (χ0v) is 26.5. The van der Waals surface area contributed by atoms with E-state index in [2.05, 4.69) is 120 Å². The van der Waals surface area contributed by atoms with Crippen LogP contribution < -0.4 is 4.57 Å². The van der Waals surface area contributed by atoms with Crippen molar-refractivity contribution in [3.63, 3.8) is 0 Å². The quantitative estimate of drug-likeness (QED) is 0.0747. The van der Waals surface area contributed by atoms with E-state index in [9.17, 15) is 0 Å². The lowest BCUT2D eigenvalue weighted by Gasteiger charge is -2.12. The molecule has 2 heteroatoms. The van der Waals surface area contributed by atoms with Gasteiger partial charge in [-0.05, 0) is 35.4 Å². The first-order valence-corrected chi connectivity index (χ1v) is 17.0. The van der Waals surface area contributed by atoms with Crippen LogP contribution in [0.3, 0.4) is 0 Å². The van der Waals surface area contributed by atoms with Crippen LogP contribution in [0.1, 0.15) is 125 Å². The molecule has 3 aromatic carbocycles. The summed E-state index contributed by atoms with van der Waals surface area (Å²) in [5.41, 5.74) is 5.62. The Bertz CT molecular complexity index is 1240. The van der Waals surface area contributed by atoms with Crippen molar-refractivity contribution >= 4 is 0 Å². The first-order chi connectivity index (χ1) is 20.7. The molecule has 0 aliphatic rings. The smallest absolute Gasteiger partial charge is 0.234 e. The van der Waals surface area contributed by atoms with Crippen molar-refractivity contribution in [2.45, 2.75) is 123 Å². The third-order valence-corrected chi connectivity index (χ3v) is 8.82. The maximum absolute atomic E-state index is 2.63.